The van der Waals surface area contributed by atoms with E-state index < -0.39 is 16.1 Å². The molecule has 0 radical (unpaired) electrons. The van der Waals surface area contributed by atoms with E-state index in [1.165, 1.54) is 24.0 Å². The van der Waals surface area contributed by atoms with E-state index in [1.54, 1.807) is 19.2 Å². The third-order valence-electron chi connectivity index (χ3n) is 2.98. The minimum atomic E-state index is -3.81. The lowest BCUT2D eigenvalue weighted by Crippen LogP contribution is -2.45. The van der Waals surface area contributed by atoms with Gasteiger partial charge in [-0.2, -0.15) is 4.72 Å². The summed E-state index contributed by atoms with van der Waals surface area (Å²) < 4.78 is 26.9. The average molecular weight is 329 g/mol. The summed E-state index contributed by atoms with van der Waals surface area (Å²) in [5, 5.41) is 0. The van der Waals surface area contributed by atoms with Gasteiger partial charge in [0.05, 0.1) is 10.9 Å². The summed E-state index contributed by atoms with van der Waals surface area (Å²) in [6.45, 7) is 3.82. The molecule has 1 aromatic rings. The fraction of sp³-hybridized carbons (Fsp3) is 0.385. The predicted molar refractivity (Wildman–Crippen MR) is 85.4 cm³/mol. The summed E-state index contributed by atoms with van der Waals surface area (Å²) >= 11 is 4.83. The summed E-state index contributed by atoms with van der Waals surface area (Å²) in [5.74, 6) is -0.299. The molecule has 1 atom stereocenters. The summed E-state index contributed by atoms with van der Waals surface area (Å²) in [6, 6.07) is 5.12. The van der Waals surface area contributed by atoms with Gasteiger partial charge in [-0.05, 0) is 26.0 Å². The molecule has 0 saturated carbocycles. The smallest absolute Gasteiger partial charge is 0.241 e. The molecule has 1 amide bonds. The van der Waals surface area contributed by atoms with Crippen LogP contribution >= 0.6 is 12.2 Å². The van der Waals surface area contributed by atoms with E-state index in [4.69, 9.17) is 18.0 Å². The van der Waals surface area contributed by atoms with Crippen molar-refractivity contribution in [3.05, 3.63) is 29.8 Å². The SMILES string of the molecule is CCN(C)C(=O)C(C)NS(=O)(=O)c1cccc(C(N)=S)c1. The Morgan fingerprint density at radius 2 is 2.10 bits per heavy atom. The third-order valence-corrected chi connectivity index (χ3v) is 4.76. The highest BCUT2D eigenvalue weighted by molar-refractivity contribution is 7.89. The van der Waals surface area contributed by atoms with Crippen LogP contribution in [-0.4, -0.2) is 43.8 Å². The molecule has 0 saturated heterocycles. The largest absolute Gasteiger partial charge is 0.389 e. The molecule has 3 N–H and O–H groups in total. The highest BCUT2D eigenvalue weighted by Gasteiger charge is 2.24. The standard InChI is InChI=1S/C13H19N3O3S2/c1-4-16(3)13(17)9(2)15-21(18,19)11-7-5-6-10(8-11)12(14)20/h5-9,15H,4H2,1-3H3,(H2,14,20). The summed E-state index contributed by atoms with van der Waals surface area (Å²) in [7, 11) is -2.20. The molecule has 1 rings (SSSR count). The lowest BCUT2D eigenvalue weighted by Gasteiger charge is -2.20. The first-order valence-electron chi connectivity index (χ1n) is 6.36. The van der Waals surface area contributed by atoms with Crippen molar-refractivity contribution in [3.63, 3.8) is 0 Å². The average Bonchev–Trinajstić information content (AvgIpc) is 2.45. The van der Waals surface area contributed by atoms with Crippen LogP contribution in [0.4, 0.5) is 0 Å². The summed E-state index contributed by atoms with van der Waals surface area (Å²) in [4.78, 5) is 13.5. The van der Waals surface area contributed by atoms with Crippen LogP contribution in [0.25, 0.3) is 0 Å². The second kappa shape index (κ2) is 6.97. The summed E-state index contributed by atoms with van der Waals surface area (Å²) in [6.07, 6.45) is 0. The Balaban J connectivity index is 2.99. The third kappa shape index (κ3) is 4.48. The van der Waals surface area contributed by atoms with Gasteiger partial charge in [0.15, 0.2) is 0 Å². The van der Waals surface area contributed by atoms with Crippen molar-refractivity contribution in [2.75, 3.05) is 13.6 Å². The van der Waals surface area contributed by atoms with E-state index in [2.05, 4.69) is 4.72 Å². The van der Waals surface area contributed by atoms with Gasteiger partial charge in [0.25, 0.3) is 0 Å². The van der Waals surface area contributed by atoms with Crippen LogP contribution in [0.2, 0.25) is 0 Å². The van der Waals surface area contributed by atoms with Crippen molar-refractivity contribution in [3.8, 4) is 0 Å². The molecule has 0 aromatic heterocycles. The number of rotatable bonds is 6. The zero-order valence-electron chi connectivity index (χ0n) is 12.2. The normalized spacial score (nSPS) is 12.7. The van der Waals surface area contributed by atoms with Gasteiger partial charge in [-0.25, -0.2) is 8.42 Å². The molecule has 21 heavy (non-hydrogen) atoms. The van der Waals surface area contributed by atoms with E-state index in [1.807, 2.05) is 6.92 Å². The molecule has 6 nitrogen and oxygen atoms in total. The number of nitrogens with zero attached hydrogens (tertiary/aromatic N) is 1. The van der Waals surface area contributed by atoms with Gasteiger partial charge in [0.2, 0.25) is 15.9 Å². The predicted octanol–water partition coefficient (Wildman–Crippen LogP) is 0.466. The number of carbonyl (C=O) groups is 1. The Kier molecular flexibility index (Phi) is 5.82. The van der Waals surface area contributed by atoms with Gasteiger partial charge in [-0.15, -0.1) is 0 Å². The van der Waals surface area contributed by atoms with Crippen LogP contribution < -0.4 is 10.5 Å². The number of likely N-dealkylation sites (N-methyl/N-ethyl adjacent to an activating group) is 1. The maximum Gasteiger partial charge on any atom is 0.241 e. The van der Waals surface area contributed by atoms with Crippen molar-refractivity contribution in [1.82, 2.24) is 9.62 Å². The van der Waals surface area contributed by atoms with Gasteiger partial charge in [-0.1, -0.05) is 24.4 Å². The second-order valence-corrected chi connectivity index (χ2v) is 6.74. The van der Waals surface area contributed by atoms with Crippen LogP contribution in [0.3, 0.4) is 0 Å². The maximum atomic E-state index is 12.3. The van der Waals surface area contributed by atoms with Crippen LogP contribution in [0.15, 0.2) is 29.2 Å². The van der Waals surface area contributed by atoms with E-state index in [0.717, 1.165) is 0 Å². The summed E-state index contributed by atoms with van der Waals surface area (Å²) in [5.41, 5.74) is 5.94. The van der Waals surface area contributed by atoms with Gasteiger partial charge in [0.1, 0.15) is 4.99 Å². The van der Waals surface area contributed by atoms with Crippen molar-refractivity contribution in [2.45, 2.75) is 24.8 Å². The van der Waals surface area contributed by atoms with E-state index in [9.17, 15) is 13.2 Å². The molecule has 0 bridgehead atoms. The molecule has 0 heterocycles. The zero-order valence-corrected chi connectivity index (χ0v) is 13.8. The Bertz CT molecular complexity index is 644. The van der Waals surface area contributed by atoms with Gasteiger partial charge in [0, 0.05) is 19.2 Å². The number of sulfonamides is 1. The fourth-order valence-electron chi connectivity index (χ4n) is 1.65. The number of nitrogens with one attached hydrogen (secondary N) is 1. The molecule has 0 aliphatic carbocycles. The molecule has 1 unspecified atom stereocenters. The minimum Gasteiger partial charge on any atom is -0.389 e. The molecular weight excluding hydrogens is 310 g/mol. The minimum absolute atomic E-state index is 0.0200. The van der Waals surface area contributed by atoms with Gasteiger partial charge in [-0.3, -0.25) is 4.79 Å². The lowest BCUT2D eigenvalue weighted by molar-refractivity contribution is -0.131. The Morgan fingerprint density at radius 1 is 1.48 bits per heavy atom. The molecule has 0 aliphatic heterocycles. The Morgan fingerprint density at radius 3 is 2.62 bits per heavy atom. The van der Waals surface area contributed by atoms with Crippen LogP contribution in [0.1, 0.15) is 19.4 Å². The number of nitrogens with two attached hydrogens (primary N) is 1. The molecule has 1 aromatic carbocycles. The Hall–Kier alpha value is -1.51. The van der Waals surface area contributed by atoms with E-state index >= 15 is 0 Å². The van der Waals surface area contributed by atoms with Gasteiger partial charge >= 0.3 is 0 Å². The van der Waals surface area contributed by atoms with Crippen molar-refractivity contribution < 1.29 is 13.2 Å². The first-order chi connectivity index (χ1) is 9.69. The lowest BCUT2D eigenvalue weighted by atomic mass is 10.2. The van der Waals surface area contributed by atoms with Gasteiger partial charge < -0.3 is 10.6 Å². The molecular formula is C13H19N3O3S2. The number of amides is 1. The topological polar surface area (TPSA) is 92.5 Å². The first-order valence-corrected chi connectivity index (χ1v) is 8.25. The zero-order chi connectivity index (χ0) is 16.2. The van der Waals surface area contributed by atoms with Crippen molar-refractivity contribution in [2.24, 2.45) is 5.73 Å². The first kappa shape index (κ1) is 17.5. The highest BCUT2D eigenvalue weighted by Crippen LogP contribution is 2.12. The molecule has 8 heteroatoms. The van der Waals surface area contributed by atoms with Crippen molar-refractivity contribution in [1.29, 1.82) is 0 Å². The number of hydrogen-bond acceptors (Lipinski definition) is 4. The highest BCUT2D eigenvalue weighted by atomic mass is 32.2. The Labute approximate surface area is 130 Å². The van der Waals surface area contributed by atoms with E-state index in [-0.39, 0.29) is 15.8 Å². The monoisotopic (exact) mass is 329 g/mol. The second-order valence-electron chi connectivity index (χ2n) is 4.59. The molecule has 116 valence electrons. The number of carbonyl (C=O) groups excluding carboxylic acids is 1. The van der Waals surface area contributed by atoms with Crippen molar-refractivity contribution >= 4 is 33.1 Å². The van der Waals surface area contributed by atoms with E-state index in [0.29, 0.717) is 12.1 Å². The quantitative estimate of drug-likeness (QED) is 0.740. The number of thiocarbonyl (C=S) groups is 1. The number of hydrogen-bond donors (Lipinski definition) is 2. The molecule has 0 spiro atoms. The number of benzene rings is 1. The van der Waals surface area contributed by atoms with Crippen LogP contribution in [0, 0.1) is 0 Å². The van der Waals surface area contributed by atoms with Crippen LogP contribution in [0.5, 0.6) is 0 Å². The maximum absolute atomic E-state index is 12.3. The molecule has 0 fully saturated rings. The fourth-order valence-corrected chi connectivity index (χ4v) is 3.02. The van der Waals surface area contributed by atoms with Crippen LogP contribution in [-0.2, 0) is 14.8 Å². The molecule has 0 aliphatic rings.